The molecule has 0 spiro atoms. The van der Waals surface area contributed by atoms with Crippen molar-refractivity contribution in [3.8, 4) is 0 Å². The maximum Gasteiger partial charge on any atom is 0.338 e. The zero-order valence-corrected chi connectivity index (χ0v) is 15.3. The third kappa shape index (κ3) is 6.48. The van der Waals surface area contributed by atoms with Crippen LogP contribution in [0.2, 0.25) is 0 Å². The van der Waals surface area contributed by atoms with Gasteiger partial charge in [0.1, 0.15) is 0 Å². The van der Waals surface area contributed by atoms with Crippen molar-refractivity contribution in [2.75, 3.05) is 32.9 Å². The molecule has 0 aromatic heterocycles. The van der Waals surface area contributed by atoms with Gasteiger partial charge in [0.15, 0.2) is 6.61 Å². The lowest BCUT2D eigenvalue weighted by Crippen LogP contribution is -2.38. The summed E-state index contributed by atoms with van der Waals surface area (Å²) >= 11 is 0. The normalized spacial score (nSPS) is 16.5. The summed E-state index contributed by atoms with van der Waals surface area (Å²) in [6.07, 6.45) is 0. The van der Waals surface area contributed by atoms with Gasteiger partial charge in [-0.25, -0.2) is 4.79 Å². The molecule has 1 aromatic carbocycles. The van der Waals surface area contributed by atoms with E-state index in [1.807, 2.05) is 32.9 Å². The number of benzene rings is 1. The monoisotopic (exact) mass is 348 g/mol. The van der Waals surface area contributed by atoms with Crippen LogP contribution in [0.25, 0.3) is 0 Å². The van der Waals surface area contributed by atoms with Crippen LogP contribution in [-0.4, -0.2) is 55.7 Å². The van der Waals surface area contributed by atoms with Crippen LogP contribution in [0, 0.1) is 5.92 Å². The number of hydrogen-bond acceptors (Lipinski definition) is 5. The van der Waals surface area contributed by atoms with Crippen molar-refractivity contribution >= 4 is 11.9 Å². The van der Waals surface area contributed by atoms with E-state index in [1.165, 1.54) is 0 Å². The highest BCUT2D eigenvalue weighted by Crippen LogP contribution is 2.10. The van der Waals surface area contributed by atoms with Gasteiger partial charge in [-0.15, -0.1) is 0 Å². The van der Waals surface area contributed by atoms with Gasteiger partial charge < -0.3 is 14.8 Å². The second kappa shape index (κ2) is 9.53. The standard InChI is InChI=1S/C19H28N2O4/c1-14(2)15(3)20-18(22)13-25-19(23)17-6-4-16(5-7-17)12-21-8-10-24-11-9-21/h4-7,14-15H,8-13H2,1-3H3,(H,20,22)/t15-/m0/s1. The Balaban J connectivity index is 1.78. The lowest BCUT2D eigenvalue weighted by atomic mass is 10.1. The van der Waals surface area contributed by atoms with E-state index in [-0.39, 0.29) is 18.6 Å². The van der Waals surface area contributed by atoms with Crippen molar-refractivity contribution in [1.29, 1.82) is 0 Å². The largest absolute Gasteiger partial charge is 0.452 e. The van der Waals surface area contributed by atoms with Crippen molar-refractivity contribution in [3.63, 3.8) is 0 Å². The van der Waals surface area contributed by atoms with Crippen molar-refractivity contribution in [2.24, 2.45) is 5.92 Å². The van der Waals surface area contributed by atoms with Crippen molar-refractivity contribution in [3.05, 3.63) is 35.4 Å². The van der Waals surface area contributed by atoms with E-state index in [0.29, 0.717) is 11.5 Å². The van der Waals surface area contributed by atoms with Gasteiger partial charge in [-0.2, -0.15) is 0 Å². The van der Waals surface area contributed by atoms with Gasteiger partial charge in [0.2, 0.25) is 0 Å². The van der Waals surface area contributed by atoms with Gasteiger partial charge in [0.25, 0.3) is 5.91 Å². The smallest absolute Gasteiger partial charge is 0.338 e. The number of rotatable bonds is 7. The molecule has 0 bridgehead atoms. The minimum absolute atomic E-state index is 0.0469. The Morgan fingerprint density at radius 3 is 2.40 bits per heavy atom. The first-order valence-corrected chi connectivity index (χ1v) is 8.81. The molecule has 0 saturated carbocycles. The second-order valence-corrected chi connectivity index (χ2v) is 6.76. The Morgan fingerprint density at radius 2 is 1.80 bits per heavy atom. The molecule has 2 rings (SSSR count). The Hall–Kier alpha value is -1.92. The summed E-state index contributed by atoms with van der Waals surface area (Å²) in [7, 11) is 0. The third-order valence-electron chi connectivity index (χ3n) is 4.42. The number of nitrogens with zero attached hydrogens (tertiary/aromatic N) is 1. The molecule has 1 aliphatic heterocycles. The Labute approximate surface area is 149 Å². The van der Waals surface area contributed by atoms with E-state index in [0.717, 1.165) is 38.4 Å². The van der Waals surface area contributed by atoms with Crippen LogP contribution in [0.4, 0.5) is 0 Å². The molecule has 1 heterocycles. The fraction of sp³-hybridized carbons (Fsp3) is 0.579. The van der Waals surface area contributed by atoms with Crippen molar-refractivity contribution in [1.82, 2.24) is 10.2 Å². The van der Waals surface area contributed by atoms with Gasteiger partial charge in [-0.3, -0.25) is 9.69 Å². The van der Waals surface area contributed by atoms with E-state index in [4.69, 9.17) is 9.47 Å². The number of carbonyl (C=O) groups is 2. The van der Waals surface area contributed by atoms with Crippen LogP contribution in [0.5, 0.6) is 0 Å². The molecule has 6 nitrogen and oxygen atoms in total. The predicted molar refractivity (Wildman–Crippen MR) is 95.3 cm³/mol. The number of amides is 1. The van der Waals surface area contributed by atoms with Gasteiger partial charge in [-0.05, 0) is 30.5 Å². The maximum absolute atomic E-state index is 12.0. The molecule has 6 heteroatoms. The van der Waals surface area contributed by atoms with Crippen molar-refractivity contribution in [2.45, 2.75) is 33.4 Å². The second-order valence-electron chi connectivity index (χ2n) is 6.76. The molecule has 1 saturated heterocycles. The first-order valence-electron chi connectivity index (χ1n) is 8.81. The highest BCUT2D eigenvalue weighted by molar-refractivity contribution is 5.91. The number of morpholine rings is 1. The maximum atomic E-state index is 12.0. The number of hydrogen-bond donors (Lipinski definition) is 1. The fourth-order valence-corrected chi connectivity index (χ4v) is 2.44. The molecule has 0 aliphatic carbocycles. The summed E-state index contributed by atoms with van der Waals surface area (Å²) in [6, 6.07) is 7.38. The summed E-state index contributed by atoms with van der Waals surface area (Å²) in [5, 5.41) is 2.81. The molecule has 1 aromatic rings. The molecule has 0 unspecified atom stereocenters. The lowest BCUT2D eigenvalue weighted by molar-refractivity contribution is -0.125. The zero-order valence-electron chi connectivity index (χ0n) is 15.3. The molecule has 0 radical (unpaired) electrons. The molecular formula is C19H28N2O4. The fourth-order valence-electron chi connectivity index (χ4n) is 2.44. The average molecular weight is 348 g/mol. The Kier molecular flexibility index (Phi) is 7.40. The van der Waals surface area contributed by atoms with Crippen LogP contribution >= 0.6 is 0 Å². The molecule has 1 amide bonds. The molecule has 1 N–H and O–H groups in total. The van der Waals surface area contributed by atoms with Gasteiger partial charge in [0, 0.05) is 25.7 Å². The topological polar surface area (TPSA) is 67.9 Å². The summed E-state index contributed by atoms with van der Waals surface area (Å²) < 4.78 is 10.4. The molecule has 1 fully saturated rings. The minimum atomic E-state index is -0.481. The first kappa shape index (κ1) is 19.4. The van der Waals surface area contributed by atoms with Gasteiger partial charge in [0.05, 0.1) is 18.8 Å². The van der Waals surface area contributed by atoms with Gasteiger partial charge >= 0.3 is 5.97 Å². The van der Waals surface area contributed by atoms with Crippen LogP contribution in [-0.2, 0) is 20.8 Å². The van der Waals surface area contributed by atoms with E-state index in [9.17, 15) is 9.59 Å². The van der Waals surface area contributed by atoms with E-state index in [1.54, 1.807) is 12.1 Å². The van der Waals surface area contributed by atoms with Crippen LogP contribution in [0.1, 0.15) is 36.7 Å². The number of nitrogens with one attached hydrogen (secondary N) is 1. The lowest BCUT2D eigenvalue weighted by Gasteiger charge is -2.26. The third-order valence-corrected chi connectivity index (χ3v) is 4.42. The SMILES string of the molecule is CC(C)[C@H](C)NC(=O)COC(=O)c1ccc(CN2CCOCC2)cc1. The average Bonchev–Trinajstić information content (AvgIpc) is 2.61. The number of esters is 1. The quantitative estimate of drug-likeness (QED) is 0.762. The summed E-state index contributed by atoms with van der Waals surface area (Å²) in [5.41, 5.74) is 1.59. The highest BCUT2D eigenvalue weighted by Gasteiger charge is 2.14. The molecule has 25 heavy (non-hydrogen) atoms. The van der Waals surface area contributed by atoms with Crippen molar-refractivity contribution < 1.29 is 19.1 Å². The van der Waals surface area contributed by atoms with E-state index < -0.39 is 5.97 Å². The number of ether oxygens (including phenoxy) is 2. The van der Waals surface area contributed by atoms with Crippen LogP contribution in [0.3, 0.4) is 0 Å². The van der Waals surface area contributed by atoms with Gasteiger partial charge in [-0.1, -0.05) is 26.0 Å². The first-order chi connectivity index (χ1) is 12.0. The zero-order chi connectivity index (χ0) is 18.2. The summed E-state index contributed by atoms with van der Waals surface area (Å²) in [6.45, 7) is 9.94. The molecular weight excluding hydrogens is 320 g/mol. The van der Waals surface area contributed by atoms with Crippen LogP contribution in [0.15, 0.2) is 24.3 Å². The molecule has 1 atom stereocenters. The molecule has 1 aliphatic rings. The Bertz CT molecular complexity index is 565. The summed E-state index contributed by atoms with van der Waals surface area (Å²) in [4.78, 5) is 26.1. The van der Waals surface area contributed by atoms with E-state index in [2.05, 4.69) is 10.2 Å². The highest BCUT2D eigenvalue weighted by atomic mass is 16.5. The number of carbonyl (C=O) groups excluding carboxylic acids is 2. The summed E-state index contributed by atoms with van der Waals surface area (Å²) in [5.74, 6) is -0.428. The minimum Gasteiger partial charge on any atom is -0.452 e. The van der Waals surface area contributed by atoms with Crippen LogP contribution < -0.4 is 5.32 Å². The Morgan fingerprint density at radius 1 is 1.16 bits per heavy atom. The predicted octanol–water partition coefficient (Wildman–Crippen LogP) is 1.84. The molecule has 138 valence electrons. The van der Waals surface area contributed by atoms with E-state index >= 15 is 0 Å².